The van der Waals surface area contributed by atoms with Gasteiger partial charge in [0.15, 0.2) is 0 Å². The molecule has 4 nitrogen and oxygen atoms in total. The van der Waals surface area contributed by atoms with Crippen molar-refractivity contribution in [3.63, 3.8) is 0 Å². The van der Waals surface area contributed by atoms with Crippen molar-refractivity contribution in [3.8, 4) is 5.69 Å². The molecule has 0 aliphatic rings. The Labute approximate surface area is 124 Å². The van der Waals surface area contributed by atoms with Crippen molar-refractivity contribution in [2.45, 2.75) is 32.5 Å². The van der Waals surface area contributed by atoms with Gasteiger partial charge in [-0.1, -0.05) is 19.4 Å². The Hall–Kier alpha value is -2.31. The molecular weight excluding hydrogens is 297 g/mol. The number of benzene rings is 1. The maximum Gasteiger partial charge on any atom is 0.416 e. The van der Waals surface area contributed by atoms with Crippen LogP contribution in [0.15, 0.2) is 46.2 Å². The lowest BCUT2D eigenvalue weighted by atomic mass is 10.2. The standard InChI is InChI=1S/C15H15F3N2O2/c1-2-3-7-19-8-9-20(14(22)13(19)21)12-6-4-5-11(10-12)15(16,17)18/h4-6,8-10H,2-3,7H2,1H3. The second-order valence-electron chi connectivity index (χ2n) is 4.87. The fourth-order valence-electron chi connectivity index (χ4n) is 2.05. The molecule has 0 unspecified atom stereocenters. The normalized spacial score (nSPS) is 11.6. The summed E-state index contributed by atoms with van der Waals surface area (Å²) in [4.78, 5) is 24.0. The molecule has 0 saturated carbocycles. The Kier molecular flexibility index (Phi) is 4.54. The van der Waals surface area contributed by atoms with Gasteiger partial charge in [0.05, 0.1) is 5.56 Å². The largest absolute Gasteiger partial charge is 0.416 e. The number of aryl methyl sites for hydroxylation is 1. The lowest BCUT2D eigenvalue weighted by Gasteiger charge is -2.11. The number of nitrogens with zero attached hydrogens (tertiary/aromatic N) is 2. The van der Waals surface area contributed by atoms with E-state index in [0.29, 0.717) is 6.54 Å². The van der Waals surface area contributed by atoms with E-state index in [2.05, 4.69) is 0 Å². The lowest BCUT2D eigenvalue weighted by Crippen LogP contribution is -2.40. The van der Waals surface area contributed by atoms with Crippen molar-refractivity contribution in [2.75, 3.05) is 0 Å². The first kappa shape index (κ1) is 16.1. The molecule has 118 valence electrons. The minimum absolute atomic E-state index is 0.0135. The van der Waals surface area contributed by atoms with Crippen LogP contribution in [0.5, 0.6) is 0 Å². The van der Waals surface area contributed by atoms with Gasteiger partial charge in [-0.3, -0.25) is 14.2 Å². The molecule has 0 fully saturated rings. The molecule has 0 amide bonds. The van der Waals surface area contributed by atoms with E-state index in [-0.39, 0.29) is 5.69 Å². The van der Waals surface area contributed by atoms with Gasteiger partial charge in [0.25, 0.3) is 0 Å². The predicted octanol–water partition coefficient (Wildman–Crippen LogP) is 2.82. The average molecular weight is 312 g/mol. The Bertz CT molecular complexity index is 775. The molecule has 0 atom stereocenters. The maximum absolute atomic E-state index is 12.7. The summed E-state index contributed by atoms with van der Waals surface area (Å²) >= 11 is 0. The molecule has 0 aliphatic heterocycles. The number of alkyl halides is 3. The molecular formula is C15H15F3N2O2. The molecule has 22 heavy (non-hydrogen) atoms. The van der Waals surface area contributed by atoms with Crippen LogP contribution in [-0.2, 0) is 12.7 Å². The lowest BCUT2D eigenvalue weighted by molar-refractivity contribution is -0.137. The van der Waals surface area contributed by atoms with Crippen molar-refractivity contribution in [1.82, 2.24) is 9.13 Å². The second kappa shape index (κ2) is 6.21. The first-order chi connectivity index (χ1) is 10.3. The fraction of sp³-hybridized carbons (Fsp3) is 0.333. The van der Waals surface area contributed by atoms with Crippen LogP contribution in [0.1, 0.15) is 25.3 Å². The third-order valence-corrected chi connectivity index (χ3v) is 3.26. The molecule has 2 aromatic rings. The van der Waals surface area contributed by atoms with Gasteiger partial charge >= 0.3 is 17.3 Å². The van der Waals surface area contributed by atoms with Gasteiger partial charge in [0.2, 0.25) is 0 Å². The van der Waals surface area contributed by atoms with Crippen LogP contribution in [0.4, 0.5) is 13.2 Å². The Balaban J connectivity index is 2.49. The van der Waals surface area contributed by atoms with Gasteiger partial charge in [0.1, 0.15) is 0 Å². The monoisotopic (exact) mass is 312 g/mol. The van der Waals surface area contributed by atoms with Crippen molar-refractivity contribution in [1.29, 1.82) is 0 Å². The first-order valence-electron chi connectivity index (χ1n) is 6.84. The third-order valence-electron chi connectivity index (χ3n) is 3.26. The van der Waals surface area contributed by atoms with Crippen molar-refractivity contribution >= 4 is 0 Å². The molecule has 1 aromatic heterocycles. The summed E-state index contributed by atoms with van der Waals surface area (Å²) in [6.45, 7) is 2.36. The molecule has 0 N–H and O–H groups in total. The summed E-state index contributed by atoms with van der Waals surface area (Å²) in [5.41, 5.74) is -2.46. The first-order valence-corrected chi connectivity index (χ1v) is 6.84. The van der Waals surface area contributed by atoms with Gasteiger partial charge in [-0.05, 0) is 24.6 Å². The number of halogens is 3. The highest BCUT2D eigenvalue weighted by Gasteiger charge is 2.30. The van der Waals surface area contributed by atoms with Crippen LogP contribution in [-0.4, -0.2) is 9.13 Å². The van der Waals surface area contributed by atoms with Gasteiger partial charge in [-0.25, -0.2) is 0 Å². The summed E-state index contributed by atoms with van der Waals surface area (Å²) in [5.74, 6) is 0. The van der Waals surface area contributed by atoms with E-state index in [1.54, 1.807) is 0 Å². The number of aromatic nitrogens is 2. The van der Waals surface area contributed by atoms with E-state index in [9.17, 15) is 22.8 Å². The van der Waals surface area contributed by atoms with Gasteiger partial charge < -0.3 is 4.57 Å². The molecule has 0 radical (unpaired) electrons. The second-order valence-corrected chi connectivity index (χ2v) is 4.87. The molecule has 1 heterocycles. The van der Waals surface area contributed by atoms with Crippen molar-refractivity contribution < 1.29 is 13.2 Å². The summed E-state index contributed by atoms with van der Waals surface area (Å²) in [7, 11) is 0. The van der Waals surface area contributed by atoms with Crippen LogP contribution >= 0.6 is 0 Å². The van der Waals surface area contributed by atoms with E-state index < -0.39 is 22.9 Å². The SMILES string of the molecule is CCCCn1ccn(-c2cccc(C(F)(F)F)c2)c(=O)c1=O. The molecule has 1 aromatic carbocycles. The van der Waals surface area contributed by atoms with Gasteiger partial charge in [0, 0.05) is 24.6 Å². The quantitative estimate of drug-likeness (QED) is 0.815. The number of unbranched alkanes of at least 4 members (excludes halogenated alkanes) is 1. The molecule has 0 saturated heterocycles. The third kappa shape index (κ3) is 3.29. The highest BCUT2D eigenvalue weighted by atomic mass is 19.4. The van der Waals surface area contributed by atoms with Gasteiger partial charge in [-0.2, -0.15) is 13.2 Å². The Morgan fingerprint density at radius 1 is 1.09 bits per heavy atom. The molecule has 2 rings (SSSR count). The minimum atomic E-state index is -4.50. The van der Waals surface area contributed by atoms with E-state index >= 15 is 0 Å². The number of hydrogen-bond acceptors (Lipinski definition) is 2. The summed E-state index contributed by atoms with van der Waals surface area (Å²) in [6.07, 6.45) is -0.166. The summed E-state index contributed by atoms with van der Waals surface area (Å²) in [6, 6.07) is 4.31. The maximum atomic E-state index is 12.7. The summed E-state index contributed by atoms with van der Waals surface area (Å²) in [5, 5.41) is 0. The minimum Gasteiger partial charge on any atom is -0.309 e. The molecule has 0 spiro atoms. The highest BCUT2D eigenvalue weighted by Crippen LogP contribution is 2.29. The zero-order valence-corrected chi connectivity index (χ0v) is 11.9. The molecule has 0 aliphatic carbocycles. The van der Waals surface area contributed by atoms with E-state index in [1.807, 2.05) is 6.92 Å². The zero-order chi connectivity index (χ0) is 16.3. The van der Waals surface area contributed by atoms with Crippen molar-refractivity contribution in [2.24, 2.45) is 0 Å². The number of rotatable bonds is 4. The predicted molar refractivity (Wildman–Crippen MR) is 76.2 cm³/mol. The fourth-order valence-corrected chi connectivity index (χ4v) is 2.05. The van der Waals surface area contributed by atoms with E-state index in [4.69, 9.17) is 0 Å². The van der Waals surface area contributed by atoms with Crippen LogP contribution in [0.3, 0.4) is 0 Å². The van der Waals surface area contributed by atoms with E-state index in [1.165, 1.54) is 29.1 Å². The zero-order valence-electron chi connectivity index (χ0n) is 11.9. The van der Waals surface area contributed by atoms with Crippen LogP contribution in [0, 0.1) is 0 Å². The van der Waals surface area contributed by atoms with Gasteiger partial charge in [-0.15, -0.1) is 0 Å². The van der Waals surface area contributed by atoms with Crippen LogP contribution in [0.25, 0.3) is 5.69 Å². The highest BCUT2D eigenvalue weighted by molar-refractivity contribution is 5.37. The number of hydrogen-bond donors (Lipinski definition) is 0. The topological polar surface area (TPSA) is 44.0 Å². The molecule has 7 heteroatoms. The Morgan fingerprint density at radius 3 is 2.45 bits per heavy atom. The van der Waals surface area contributed by atoms with Crippen LogP contribution in [0.2, 0.25) is 0 Å². The molecule has 0 bridgehead atoms. The van der Waals surface area contributed by atoms with Crippen molar-refractivity contribution in [3.05, 3.63) is 62.9 Å². The summed E-state index contributed by atoms with van der Waals surface area (Å²) < 4.78 is 40.3. The van der Waals surface area contributed by atoms with E-state index in [0.717, 1.165) is 29.5 Å². The Morgan fingerprint density at radius 2 is 1.82 bits per heavy atom. The smallest absolute Gasteiger partial charge is 0.309 e. The van der Waals surface area contributed by atoms with Crippen LogP contribution < -0.4 is 11.1 Å². The average Bonchev–Trinajstić information content (AvgIpc) is 2.48.